The minimum Gasteiger partial charge on any atom is -0.392 e. The standard InChI is InChI=1S/C15H12BrF3O/c16-12-5-6-14(18)11(15(12)19)8-10(20)7-9-3-1-2-4-13(9)17/h1-6,10,20H,7-8H2. The van der Waals surface area contributed by atoms with Gasteiger partial charge >= 0.3 is 0 Å². The molecular weight excluding hydrogens is 333 g/mol. The second kappa shape index (κ2) is 6.41. The number of aliphatic hydroxyl groups is 1. The Bertz CT molecular complexity index is 616. The summed E-state index contributed by atoms with van der Waals surface area (Å²) in [7, 11) is 0. The Labute approximate surface area is 123 Å². The molecular formula is C15H12BrF3O. The fourth-order valence-electron chi connectivity index (χ4n) is 1.98. The lowest BCUT2D eigenvalue weighted by Gasteiger charge is -2.13. The highest BCUT2D eigenvalue weighted by atomic mass is 79.9. The summed E-state index contributed by atoms with van der Waals surface area (Å²) in [6.07, 6.45) is -1.28. The molecule has 0 bridgehead atoms. The maximum atomic E-state index is 13.8. The average Bonchev–Trinajstić information content (AvgIpc) is 2.42. The zero-order chi connectivity index (χ0) is 14.7. The van der Waals surface area contributed by atoms with E-state index in [1.165, 1.54) is 18.2 Å². The number of hydrogen-bond donors (Lipinski definition) is 1. The van der Waals surface area contributed by atoms with Crippen LogP contribution in [-0.4, -0.2) is 11.2 Å². The monoisotopic (exact) mass is 344 g/mol. The SMILES string of the molecule is OC(Cc1ccccc1F)Cc1c(F)ccc(Br)c1F. The quantitative estimate of drug-likeness (QED) is 0.831. The van der Waals surface area contributed by atoms with E-state index in [-0.39, 0.29) is 22.9 Å². The van der Waals surface area contributed by atoms with Crippen LogP contribution in [-0.2, 0) is 12.8 Å². The van der Waals surface area contributed by atoms with Crippen LogP contribution >= 0.6 is 15.9 Å². The van der Waals surface area contributed by atoms with Crippen LogP contribution in [0.2, 0.25) is 0 Å². The third kappa shape index (κ3) is 3.41. The first-order chi connectivity index (χ1) is 9.49. The molecule has 2 rings (SSSR count). The molecule has 0 heterocycles. The summed E-state index contributed by atoms with van der Waals surface area (Å²) in [4.78, 5) is 0. The van der Waals surface area contributed by atoms with Crippen molar-refractivity contribution >= 4 is 15.9 Å². The molecule has 0 fully saturated rings. The number of hydrogen-bond acceptors (Lipinski definition) is 1. The van der Waals surface area contributed by atoms with Crippen molar-refractivity contribution in [1.82, 2.24) is 0 Å². The summed E-state index contributed by atoms with van der Waals surface area (Å²) in [6.45, 7) is 0. The number of rotatable bonds is 4. The Morgan fingerprint density at radius 2 is 1.65 bits per heavy atom. The lowest BCUT2D eigenvalue weighted by Crippen LogP contribution is -2.17. The van der Waals surface area contributed by atoms with Gasteiger partial charge in [-0.2, -0.15) is 0 Å². The Morgan fingerprint density at radius 1 is 0.950 bits per heavy atom. The van der Waals surface area contributed by atoms with Gasteiger partial charge in [0.15, 0.2) is 0 Å². The Hall–Kier alpha value is -1.33. The van der Waals surface area contributed by atoms with Gasteiger partial charge < -0.3 is 5.11 Å². The first-order valence-electron chi connectivity index (χ1n) is 6.03. The largest absolute Gasteiger partial charge is 0.392 e. The van der Waals surface area contributed by atoms with E-state index >= 15 is 0 Å². The zero-order valence-electron chi connectivity index (χ0n) is 10.4. The maximum Gasteiger partial charge on any atom is 0.143 e. The van der Waals surface area contributed by atoms with Gasteiger partial charge in [-0.1, -0.05) is 18.2 Å². The van der Waals surface area contributed by atoms with E-state index in [9.17, 15) is 18.3 Å². The van der Waals surface area contributed by atoms with E-state index in [0.29, 0.717) is 5.56 Å². The Morgan fingerprint density at radius 3 is 2.35 bits per heavy atom. The smallest absolute Gasteiger partial charge is 0.143 e. The molecule has 0 aromatic heterocycles. The molecule has 2 aromatic carbocycles. The topological polar surface area (TPSA) is 20.2 Å². The molecule has 0 saturated heterocycles. The summed E-state index contributed by atoms with van der Waals surface area (Å²) in [5.74, 6) is -1.90. The van der Waals surface area contributed by atoms with E-state index in [0.717, 1.165) is 6.07 Å². The second-order valence-electron chi connectivity index (χ2n) is 4.48. The van der Waals surface area contributed by atoms with Crippen molar-refractivity contribution in [2.75, 3.05) is 0 Å². The molecule has 0 saturated carbocycles. The first kappa shape index (κ1) is 15.1. The third-order valence-corrected chi connectivity index (χ3v) is 3.60. The van der Waals surface area contributed by atoms with Gasteiger partial charge in [0.05, 0.1) is 10.6 Å². The van der Waals surface area contributed by atoms with Crippen LogP contribution in [0, 0.1) is 17.5 Å². The third-order valence-electron chi connectivity index (χ3n) is 2.99. The van der Waals surface area contributed by atoms with Crippen LogP contribution in [0.25, 0.3) is 0 Å². The molecule has 0 spiro atoms. The highest BCUT2D eigenvalue weighted by Gasteiger charge is 2.17. The van der Waals surface area contributed by atoms with Gasteiger partial charge in [0, 0.05) is 18.4 Å². The lowest BCUT2D eigenvalue weighted by molar-refractivity contribution is 0.171. The van der Waals surface area contributed by atoms with Gasteiger partial charge in [0.2, 0.25) is 0 Å². The molecule has 0 aliphatic heterocycles. The van der Waals surface area contributed by atoms with Crippen LogP contribution in [0.4, 0.5) is 13.2 Å². The van der Waals surface area contributed by atoms with Crippen LogP contribution < -0.4 is 0 Å². The van der Waals surface area contributed by atoms with Crippen LogP contribution in [0.1, 0.15) is 11.1 Å². The van der Waals surface area contributed by atoms with Crippen molar-refractivity contribution in [2.24, 2.45) is 0 Å². The van der Waals surface area contributed by atoms with Gasteiger partial charge in [0.25, 0.3) is 0 Å². The van der Waals surface area contributed by atoms with Gasteiger partial charge in [-0.3, -0.25) is 0 Å². The van der Waals surface area contributed by atoms with E-state index in [4.69, 9.17) is 0 Å². The molecule has 0 aliphatic carbocycles. The number of aliphatic hydroxyl groups excluding tert-OH is 1. The van der Waals surface area contributed by atoms with Gasteiger partial charge in [-0.15, -0.1) is 0 Å². The molecule has 2 aromatic rings. The van der Waals surface area contributed by atoms with Crippen LogP contribution in [0.5, 0.6) is 0 Å². The summed E-state index contributed by atoms with van der Waals surface area (Å²) in [5.41, 5.74) is 0.110. The predicted octanol–water partition coefficient (Wildman–Crippen LogP) is 4.01. The average molecular weight is 345 g/mol. The summed E-state index contributed by atoms with van der Waals surface area (Å²) in [6, 6.07) is 8.38. The first-order valence-corrected chi connectivity index (χ1v) is 6.82. The summed E-state index contributed by atoms with van der Waals surface area (Å²) >= 11 is 2.97. The number of benzene rings is 2. The molecule has 1 N–H and O–H groups in total. The maximum absolute atomic E-state index is 13.8. The predicted molar refractivity (Wildman–Crippen MR) is 73.9 cm³/mol. The fraction of sp³-hybridized carbons (Fsp3) is 0.200. The minimum atomic E-state index is -1.06. The molecule has 0 aliphatic rings. The second-order valence-corrected chi connectivity index (χ2v) is 5.33. The molecule has 1 unspecified atom stereocenters. The van der Waals surface area contributed by atoms with Gasteiger partial charge in [-0.25, -0.2) is 13.2 Å². The minimum absolute atomic E-state index is 0.00192. The van der Waals surface area contributed by atoms with E-state index in [1.807, 2.05) is 0 Å². The zero-order valence-corrected chi connectivity index (χ0v) is 12.0. The fourth-order valence-corrected chi connectivity index (χ4v) is 2.35. The van der Waals surface area contributed by atoms with Crippen molar-refractivity contribution in [3.63, 3.8) is 0 Å². The summed E-state index contributed by atoms with van der Waals surface area (Å²) < 4.78 is 40.9. The molecule has 1 nitrogen and oxygen atoms in total. The summed E-state index contributed by atoms with van der Waals surface area (Å²) in [5, 5.41) is 9.90. The van der Waals surface area contributed by atoms with Crippen molar-refractivity contribution in [1.29, 1.82) is 0 Å². The van der Waals surface area contributed by atoms with Crippen LogP contribution in [0.15, 0.2) is 40.9 Å². The molecule has 0 radical (unpaired) electrons. The van der Waals surface area contributed by atoms with Crippen molar-refractivity contribution in [3.8, 4) is 0 Å². The number of halogens is 4. The Kier molecular flexibility index (Phi) is 4.83. The van der Waals surface area contributed by atoms with E-state index in [1.54, 1.807) is 12.1 Å². The lowest BCUT2D eigenvalue weighted by atomic mass is 10.0. The molecule has 1 atom stereocenters. The van der Waals surface area contributed by atoms with Gasteiger partial charge in [0.1, 0.15) is 17.5 Å². The van der Waals surface area contributed by atoms with Crippen molar-refractivity contribution in [2.45, 2.75) is 18.9 Å². The van der Waals surface area contributed by atoms with Gasteiger partial charge in [-0.05, 0) is 39.7 Å². The van der Waals surface area contributed by atoms with E-state index < -0.39 is 23.6 Å². The van der Waals surface area contributed by atoms with Crippen molar-refractivity contribution < 1.29 is 18.3 Å². The molecule has 0 amide bonds. The Balaban J connectivity index is 2.15. The van der Waals surface area contributed by atoms with E-state index in [2.05, 4.69) is 15.9 Å². The van der Waals surface area contributed by atoms with Crippen molar-refractivity contribution in [3.05, 3.63) is 69.4 Å². The highest BCUT2D eigenvalue weighted by Crippen LogP contribution is 2.23. The van der Waals surface area contributed by atoms with Crippen LogP contribution in [0.3, 0.4) is 0 Å². The normalized spacial score (nSPS) is 12.4. The molecule has 20 heavy (non-hydrogen) atoms. The molecule has 5 heteroatoms. The molecule has 106 valence electrons. The highest BCUT2D eigenvalue weighted by molar-refractivity contribution is 9.10.